The van der Waals surface area contributed by atoms with Gasteiger partial charge in [0.15, 0.2) is 0 Å². The fourth-order valence-corrected chi connectivity index (χ4v) is 2.79. The Morgan fingerprint density at radius 2 is 1.80 bits per heavy atom. The zero-order valence-electron chi connectivity index (χ0n) is 11.9. The smallest absolute Gasteiger partial charge is 0.254 e. The van der Waals surface area contributed by atoms with Crippen molar-refractivity contribution < 1.29 is 4.79 Å². The predicted octanol–water partition coefficient (Wildman–Crippen LogP) is 2.74. The van der Waals surface area contributed by atoms with E-state index in [1.165, 1.54) is 0 Å². The van der Waals surface area contributed by atoms with Crippen LogP contribution in [0.5, 0.6) is 0 Å². The van der Waals surface area contributed by atoms with Crippen LogP contribution in [-0.4, -0.2) is 47.9 Å². The van der Waals surface area contributed by atoms with Crippen molar-refractivity contribution in [2.24, 2.45) is 0 Å². The summed E-state index contributed by atoms with van der Waals surface area (Å²) in [6, 6.07) is 3.16. The fourth-order valence-electron chi connectivity index (χ4n) is 2.30. The van der Waals surface area contributed by atoms with E-state index in [1.807, 2.05) is 4.90 Å². The standard InChI is InChI=1S/C14H19Cl2N3O/c1-14(2)8-19(5-4-18(14)3)13(20)9-6-10(15)12(17)11(16)7-9/h6-7H,4-5,8,17H2,1-3H3. The Labute approximate surface area is 129 Å². The highest BCUT2D eigenvalue weighted by molar-refractivity contribution is 6.39. The average molecular weight is 316 g/mol. The first kappa shape index (κ1) is 15.4. The van der Waals surface area contributed by atoms with Crippen molar-refractivity contribution >= 4 is 34.8 Å². The highest BCUT2D eigenvalue weighted by atomic mass is 35.5. The van der Waals surface area contributed by atoms with Crippen LogP contribution in [0.25, 0.3) is 0 Å². The van der Waals surface area contributed by atoms with Gasteiger partial charge in [0, 0.05) is 30.7 Å². The lowest BCUT2D eigenvalue weighted by molar-refractivity contribution is 0.0311. The van der Waals surface area contributed by atoms with Crippen molar-refractivity contribution in [3.05, 3.63) is 27.7 Å². The summed E-state index contributed by atoms with van der Waals surface area (Å²) in [4.78, 5) is 16.6. The molecule has 0 radical (unpaired) electrons. The van der Waals surface area contributed by atoms with Gasteiger partial charge in [0.25, 0.3) is 5.91 Å². The number of piperazine rings is 1. The molecule has 0 aromatic heterocycles. The molecule has 0 unspecified atom stereocenters. The second-order valence-corrected chi connectivity index (χ2v) is 6.63. The van der Waals surface area contributed by atoms with Crippen LogP contribution < -0.4 is 5.73 Å². The maximum Gasteiger partial charge on any atom is 0.254 e. The number of hydrogen-bond acceptors (Lipinski definition) is 3. The number of hydrogen-bond donors (Lipinski definition) is 1. The first-order chi connectivity index (χ1) is 9.22. The number of carbonyl (C=O) groups is 1. The van der Waals surface area contributed by atoms with E-state index in [1.54, 1.807) is 12.1 Å². The summed E-state index contributed by atoms with van der Waals surface area (Å²) in [6.07, 6.45) is 0. The van der Waals surface area contributed by atoms with E-state index in [2.05, 4.69) is 25.8 Å². The van der Waals surface area contributed by atoms with Crippen molar-refractivity contribution in [3.63, 3.8) is 0 Å². The molecule has 20 heavy (non-hydrogen) atoms. The molecule has 1 aliphatic heterocycles. The van der Waals surface area contributed by atoms with Gasteiger partial charge in [0.05, 0.1) is 15.7 Å². The first-order valence-electron chi connectivity index (χ1n) is 6.47. The molecular weight excluding hydrogens is 297 g/mol. The minimum absolute atomic E-state index is 0.0463. The quantitative estimate of drug-likeness (QED) is 0.811. The lowest BCUT2D eigenvalue weighted by Crippen LogP contribution is -2.58. The van der Waals surface area contributed by atoms with Gasteiger partial charge in [-0.3, -0.25) is 9.69 Å². The van der Waals surface area contributed by atoms with E-state index in [9.17, 15) is 4.79 Å². The summed E-state index contributed by atoms with van der Waals surface area (Å²) in [5, 5.41) is 0.628. The molecule has 2 N–H and O–H groups in total. The highest BCUT2D eigenvalue weighted by Gasteiger charge is 2.33. The Hall–Kier alpha value is -0.970. The van der Waals surface area contributed by atoms with Crippen LogP contribution in [0.1, 0.15) is 24.2 Å². The van der Waals surface area contributed by atoms with Crippen molar-refractivity contribution in [1.82, 2.24) is 9.80 Å². The van der Waals surface area contributed by atoms with Crippen LogP contribution in [0.2, 0.25) is 10.0 Å². The zero-order valence-corrected chi connectivity index (χ0v) is 13.4. The van der Waals surface area contributed by atoms with Crippen LogP contribution in [0, 0.1) is 0 Å². The molecule has 1 fully saturated rings. The van der Waals surface area contributed by atoms with E-state index in [0.717, 1.165) is 6.54 Å². The Kier molecular flexibility index (Phi) is 4.19. The number of nitrogen functional groups attached to an aromatic ring is 1. The van der Waals surface area contributed by atoms with Gasteiger partial charge >= 0.3 is 0 Å². The highest BCUT2D eigenvalue weighted by Crippen LogP contribution is 2.30. The SMILES string of the molecule is CN1CCN(C(=O)c2cc(Cl)c(N)c(Cl)c2)CC1(C)C. The molecule has 110 valence electrons. The third-order valence-corrected chi connectivity index (χ3v) is 4.56. The lowest BCUT2D eigenvalue weighted by Gasteiger charge is -2.45. The Morgan fingerprint density at radius 1 is 1.25 bits per heavy atom. The summed E-state index contributed by atoms with van der Waals surface area (Å²) in [5.74, 6) is -0.0602. The van der Waals surface area contributed by atoms with Gasteiger partial charge in [-0.15, -0.1) is 0 Å². The minimum atomic E-state index is -0.0602. The van der Waals surface area contributed by atoms with Gasteiger partial charge in [-0.2, -0.15) is 0 Å². The van der Waals surface area contributed by atoms with Crippen LogP contribution in [0.15, 0.2) is 12.1 Å². The Balaban J connectivity index is 2.24. The van der Waals surface area contributed by atoms with Crippen molar-refractivity contribution in [3.8, 4) is 0 Å². The number of carbonyl (C=O) groups excluding carboxylic acids is 1. The molecule has 1 amide bonds. The Bertz CT molecular complexity index is 522. The van der Waals surface area contributed by atoms with E-state index < -0.39 is 0 Å². The van der Waals surface area contributed by atoms with E-state index in [4.69, 9.17) is 28.9 Å². The van der Waals surface area contributed by atoms with Crippen molar-refractivity contribution in [1.29, 1.82) is 0 Å². The fraction of sp³-hybridized carbons (Fsp3) is 0.500. The van der Waals surface area contributed by atoms with Gasteiger partial charge in [0.2, 0.25) is 0 Å². The molecule has 1 heterocycles. The van der Waals surface area contributed by atoms with Crippen molar-refractivity contribution in [2.45, 2.75) is 19.4 Å². The third-order valence-electron chi connectivity index (χ3n) is 3.93. The topological polar surface area (TPSA) is 49.6 Å². The van der Waals surface area contributed by atoms with Crippen LogP contribution >= 0.6 is 23.2 Å². The number of likely N-dealkylation sites (N-methyl/N-ethyl adjacent to an activating group) is 1. The molecule has 2 rings (SSSR count). The largest absolute Gasteiger partial charge is 0.396 e. The molecule has 6 heteroatoms. The monoisotopic (exact) mass is 315 g/mol. The number of rotatable bonds is 1. The number of halogens is 2. The summed E-state index contributed by atoms with van der Waals surface area (Å²) >= 11 is 12.0. The van der Waals surface area contributed by atoms with E-state index in [-0.39, 0.29) is 11.4 Å². The third kappa shape index (κ3) is 2.87. The molecule has 1 aliphatic rings. The molecule has 0 aliphatic carbocycles. The van der Waals surface area contributed by atoms with Crippen LogP contribution in [-0.2, 0) is 0 Å². The molecule has 4 nitrogen and oxygen atoms in total. The average Bonchev–Trinajstić information content (AvgIpc) is 2.37. The maximum absolute atomic E-state index is 12.6. The number of nitrogens with zero attached hydrogens (tertiary/aromatic N) is 2. The van der Waals surface area contributed by atoms with Gasteiger partial charge in [-0.1, -0.05) is 23.2 Å². The molecule has 0 saturated carbocycles. The van der Waals surface area contributed by atoms with Gasteiger partial charge < -0.3 is 10.6 Å². The molecule has 1 saturated heterocycles. The van der Waals surface area contributed by atoms with E-state index in [0.29, 0.717) is 34.4 Å². The lowest BCUT2D eigenvalue weighted by atomic mass is 9.99. The van der Waals surface area contributed by atoms with Crippen LogP contribution in [0.3, 0.4) is 0 Å². The number of amides is 1. The first-order valence-corrected chi connectivity index (χ1v) is 7.23. The van der Waals surface area contributed by atoms with Gasteiger partial charge in [-0.05, 0) is 33.0 Å². The summed E-state index contributed by atoms with van der Waals surface area (Å²) in [5.41, 5.74) is 6.44. The molecule has 0 bridgehead atoms. The molecular formula is C14H19Cl2N3O. The minimum Gasteiger partial charge on any atom is -0.396 e. The van der Waals surface area contributed by atoms with E-state index >= 15 is 0 Å². The molecule has 1 aromatic rings. The summed E-state index contributed by atoms with van der Waals surface area (Å²) in [6.45, 7) is 6.44. The predicted molar refractivity (Wildman–Crippen MR) is 83.5 cm³/mol. The molecule has 1 aromatic carbocycles. The number of nitrogens with two attached hydrogens (primary N) is 1. The second kappa shape index (κ2) is 5.43. The van der Waals surface area contributed by atoms with Crippen LogP contribution in [0.4, 0.5) is 5.69 Å². The second-order valence-electron chi connectivity index (χ2n) is 5.81. The normalized spacial score (nSPS) is 19.1. The van der Waals surface area contributed by atoms with Crippen molar-refractivity contribution in [2.75, 3.05) is 32.4 Å². The Morgan fingerprint density at radius 3 is 2.30 bits per heavy atom. The molecule has 0 spiro atoms. The van der Waals surface area contributed by atoms with Gasteiger partial charge in [-0.25, -0.2) is 0 Å². The summed E-state index contributed by atoms with van der Waals surface area (Å²) < 4.78 is 0. The molecule has 0 atom stereocenters. The maximum atomic E-state index is 12.6. The van der Waals surface area contributed by atoms with Gasteiger partial charge in [0.1, 0.15) is 0 Å². The number of benzene rings is 1. The zero-order chi connectivity index (χ0) is 15.1. The summed E-state index contributed by atoms with van der Waals surface area (Å²) in [7, 11) is 2.07. The number of anilines is 1.